The molecule has 0 radical (unpaired) electrons. The van der Waals surface area contributed by atoms with E-state index in [2.05, 4.69) is 0 Å². The molecule has 0 atom stereocenters. The van der Waals surface area contributed by atoms with Gasteiger partial charge in [0, 0.05) is 0 Å². The monoisotopic (exact) mass is 401 g/mol. The second-order valence-electron chi connectivity index (χ2n) is 5.47. The highest BCUT2D eigenvalue weighted by molar-refractivity contribution is 8.27. The summed E-state index contributed by atoms with van der Waals surface area (Å²) in [5.74, 6) is -0.0899. The molecule has 1 N–H and O–H groups in total. The van der Waals surface area contributed by atoms with Gasteiger partial charge in [0.15, 0.2) is 10.9 Å². The smallest absolute Gasteiger partial charge is 0.341 e. The van der Waals surface area contributed by atoms with Crippen molar-refractivity contribution in [1.82, 2.24) is 0 Å². The van der Waals surface area contributed by atoms with Crippen molar-refractivity contribution >= 4 is 51.9 Å². The second-order valence-corrected chi connectivity index (χ2v) is 7.14. The average Bonchev–Trinajstić information content (AvgIpc) is 2.94. The number of carbonyl (C=O) groups excluding carboxylic acids is 1. The molecule has 0 aromatic heterocycles. The number of thiocarbonyl (C=S) groups is 1. The van der Waals surface area contributed by atoms with Gasteiger partial charge in [-0.2, -0.15) is 0 Å². The minimum atomic E-state index is -1.04. The van der Waals surface area contributed by atoms with E-state index >= 15 is 0 Å². The van der Waals surface area contributed by atoms with Crippen molar-refractivity contribution in [2.24, 2.45) is 0 Å². The van der Waals surface area contributed by atoms with Crippen LogP contribution in [0.15, 0.2) is 53.4 Å². The average molecular weight is 401 g/mol. The molecule has 6 nitrogen and oxygen atoms in total. The predicted octanol–water partition coefficient (Wildman–Crippen LogP) is 3.56. The Morgan fingerprint density at radius 1 is 1.15 bits per heavy atom. The normalized spacial score (nSPS) is 15.3. The van der Waals surface area contributed by atoms with Gasteiger partial charge in [0.1, 0.15) is 11.5 Å². The predicted molar refractivity (Wildman–Crippen MR) is 108 cm³/mol. The van der Waals surface area contributed by atoms with Crippen molar-refractivity contribution in [2.75, 3.05) is 18.6 Å². The van der Waals surface area contributed by atoms with E-state index in [4.69, 9.17) is 26.8 Å². The lowest BCUT2D eigenvalue weighted by Crippen LogP contribution is -2.27. The fraction of sp³-hybridized carbons (Fsp3) is 0.105. The molecule has 1 aliphatic rings. The maximum absolute atomic E-state index is 12.7. The summed E-state index contributed by atoms with van der Waals surface area (Å²) >= 11 is 6.58. The van der Waals surface area contributed by atoms with Crippen LogP contribution in [0.5, 0.6) is 11.5 Å². The highest BCUT2D eigenvalue weighted by Crippen LogP contribution is 2.36. The first-order valence-corrected chi connectivity index (χ1v) is 9.07. The number of methoxy groups -OCH3 is 1. The molecule has 0 saturated carbocycles. The molecule has 0 bridgehead atoms. The molecule has 2 aromatic carbocycles. The number of hydrogen-bond acceptors (Lipinski definition) is 6. The Bertz CT molecular complexity index is 907. The number of nitrogens with zero attached hydrogens (tertiary/aromatic N) is 1. The second kappa shape index (κ2) is 8.24. The van der Waals surface area contributed by atoms with E-state index in [0.29, 0.717) is 26.4 Å². The van der Waals surface area contributed by atoms with E-state index in [0.717, 1.165) is 5.56 Å². The Morgan fingerprint density at radius 2 is 1.78 bits per heavy atom. The number of anilines is 1. The van der Waals surface area contributed by atoms with Crippen molar-refractivity contribution in [3.8, 4) is 11.5 Å². The van der Waals surface area contributed by atoms with Gasteiger partial charge < -0.3 is 14.6 Å². The lowest BCUT2D eigenvalue weighted by Gasteiger charge is -2.14. The zero-order valence-corrected chi connectivity index (χ0v) is 15.9. The Morgan fingerprint density at radius 3 is 2.37 bits per heavy atom. The first kappa shape index (κ1) is 18.9. The summed E-state index contributed by atoms with van der Waals surface area (Å²) in [5, 5.41) is 8.62. The van der Waals surface area contributed by atoms with Gasteiger partial charge in [-0.05, 0) is 48.0 Å². The van der Waals surface area contributed by atoms with Crippen LogP contribution in [0.1, 0.15) is 5.56 Å². The van der Waals surface area contributed by atoms with Crippen LogP contribution in [0, 0.1) is 0 Å². The fourth-order valence-electron chi connectivity index (χ4n) is 2.38. The third-order valence-electron chi connectivity index (χ3n) is 3.66. The summed E-state index contributed by atoms with van der Waals surface area (Å²) in [5.41, 5.74) is 1.46. The number of carboxylic acids is 1. The van der Waals surface area contributed by atoms with Crippen LogP contribution in [0.3, 0.4) is 0 Å². The van der Waals surface area contributed by atoms with E-state index < -0.39 is 12.6 Å². The number of amides is 1. The van der Waals surface area contributed by atoms with Gasteiger partial charge in [-0.3, -0.25) is 9.69 Å². The summed E-state index contributed by atoms with van der Waals surface area (Å²) < 4.78 is 10.7. The molecule has 27 heavy (non-hydrogen) atoms. The SMILES string of the molecule is COc1ccc(N2C(=O)/C(=C/c3ccc(OCC(=O)O)cc3)SC2=S)cc1. The quantitative estimate of drug-likeness (QED) is 0.586. The molecule has 1 fully saturated rings. The van der Waals surface area contributed by atoms with Crippen molar-refractivity contribution in [1.29, 1.82) is 0 Å². The van der Waals surface area contributed by atoms with Gasteiger partial charge in [0.05, 0.1) is 17.7 Å². The van der Waals surface area contributed by atoms with E-state index in [-0.39, 0.29) is 5.91 Å². The summed E-state index contributed by atoms with van der Waals surface area (Å²) in [7, 11) is 1.58. The molecule has 1 saturated heterocycles. The Hall–Kier alpha value is -2.84. The highest BCUT2D eigenvalue weighted by atomic mass is 32.2. The van der Waals surface area contributed by atoms with E-state index in [1.807, 2.05) is 0 Å². The van der Waals surface area contributed by atoms with Crippen molar-refractivity contribution in [2.45, 2.75) is 0 Å². The van der Waals surface area contributed by atoms with Gasteiger partial charge in [-0.15, -0.1) is 0 Å². The number of ether oxygens (including phenoxy) is 2. The van der Waals surface area contributed by atoms with Crippen molar-refractivity contribution in [3.63, 3.8) is 0 Å². The first-order chi connectivity index (χ1) is 13.0. The molecule has 8 heteroatoms. The van der Waals surface area contributed by atoms with Gasteiger partial charge in [0.25, 0.3) is 5.91 Å². The Kier molecular flexibility index (Phi) is 5.78. The maximum atomic E-state index is 12.7. The summed E-state index contributed by atoms with van der Waals surface area (Å²) in [4.78, 5) is 25.3. The Balaban J connectivity index is 1.76. The largest absolute Gasteiger partial charge is 0.497 e. The number of rotatable bonds is 6. The third kappa shape index (κ3) is 4.47. The zero-order valence-electron chi connectivity index (χ0n) is 14.2. The standard InChI is InChI=1S/C19H15NO5S2/c1-24-14-8-4-13(5-9-14)20-18(23)16(27-19(20)26)10-12-2-6-15(7-3-12)25-11-17(21)22/h2-10H,11H2,1H3,(H,21,22)/b16-10-. The molecular formula is C19H15NO5S2. The maximum Gasteiger partial charge on any atom is 0.341 e. The minimum absolute atomic E-state index is 0.193. The van der Waals surface area contributed by atoms with Gasteiger partial charge in [0.2, 0.25) is 0 Å². The summed E-state index contributed by atoms with van der Waals surface area (Å²) in [6.07, 6.45) is 1.74. The molecule has 1 aliphatic heterocycles. The van der Waals surface area contributed by atoms with Crippen LogP contribution in [-0.4, -0.2) is 35.0 Å². The molecule has 138 valence electrons. The van der Waals surface area contributed by atoms with Gasteiger partial charge >= 0.3 is 5.97 Å². The molecule has 1 amide bonds. The number of benzene rings is 2. The Labute approximate surface area is 165 Å². The van der Waals surface area contributed by atoms with Crippen molar-refractivity contribution < 1.29 is 24.2 Å². The fourth-order valence-corrected chi connectivity index (χ4v) is 3.68. The molecule has 0 aliphatic carbocycles. The molecule has 3 rings (SSSR count). The van der Waals surface area contributed by atoms with Gasteiger partial charge in [-0.25, -0.2) is 4.79 Å². The van der Waals surface area contributed by atoms with Crippen LogP contribution in [0.25, 0.3) is 6.08 Å². The highest BCUT2D eigenvalue weighted by Gasteiger charge is 2.33. The molecule has 1 heterocycles. The number of aliphatic carboxylic acids is 1. The van der Waals surface area contributed by atoms with Crippen LogP contribution in [0.4, 0.5) is 5.69 Å². The topological polar surface area (TPSA) is 76.1 Å². The summed E-state index contributed by atoms with van der Waals surface area (Å²) in [6.45, 7) is -0.403. The van der Waals surface area contributed by atoms with E-state index in [1.165, 1.54) is 16.7 Å². The molecular weight excluding hydrogens is 386 g/mol. The number of hydrogen-bond donors (Lipinski definition) is 1. The van der Waals surface area contributed by atoms with Crippen LogP contribution < -0.4 is 14.4 Å². The zero-order chi connectivity index (χ0) is 19.4. The van der Waals surface area contributed by atoms with Crippen molar-refractivity contribution in [3.05, 3.63) is 59.0 Å². The summed E-state index contributed by atoms with van der Waals surface area (Å²) in [6, 6.07) is 13.9. The third-order valence-corrected chi connectivity index (χ3v) is 4.97. The molecule has 0 unspecified atom stereocenters. The molecule has 2 aromatic rings. The lowest BCUT2D eigenvalue weighted by atomic mass is 10.2. The van der Waals surface area contributed by atoms with E-state index in [9.17, 15) is 9.59 Å². The van der Waals surface area contributed by atoms with Crippen LogP contribution >= 0.6 is 24.0 Å². The molecule has 0 spiro atoms. The number of carboxylic acid groups (broad SMARTS) is 1. The van der Waals surface area contributed by atoms with Crippen LogP contribution in [-0.2, 0) is 9.59 Å². The number of carbonyl (C=O) groups is 2. The lowest BCUT2D eigenvalue weighted by molar-refractivity contribution is -0.139. The van der Waals surface area contributed by atoms with Crippen LogP contribution in [0.2, 0.25) is 0 Å². The number of thioether (sulfide) groups is 1. The minimum Gasteiger partial charge on any atom is -0.497 e. The first-order valence-electron chi connectivity index (χ1n) is 7.84. The van der Waals surface area contributed by atoms with E-state index in [1.54, 1.807) is 61.7 Å². The van der Waals surface area contributed by atoms with Gasteiger partial charge in [-0.1, -0.05) is 36.1 Å².